The van der Waals surface area contributed by atoms with Crippen molar-refractivity contribution in [1.82, 2.24) is 0 Å². The highest BCUT2D eigenvalue weighted by Crippen LogP contribution is 2.08. The fourth-order valence-electron chi connectivity index (χ4n) is 1.29. The van der Waals surface area contributed by atoms with Crippen LogP contribution in [0.25, 0.3) is 0 Å². The lowest BCUT2D eigenvalue weighted by Crippen LogP contribution is -2.33. The minimum atomic E-state index is -0.164. The largest absolute Gasteiger partial charge is 0.375 e. The second kappa shape index (κ2) is 5.40. The van der Waals surface area contributed by atoms with Gasteiger partial charge in [0.15, 0.2) is 5.78 Å². The van der Waals surface area contributed by atoms with Crippen LogP contribution >= 0.6 is 0 Å². The number of nitrogens with one attached hydrogen (secondary N) is 1. The highest BCUT2D eigenvalue weighted by molar-refractivity contribution is 5.88. The smallest absolute Gasteiger partial charge is 0.168 e. The van der Waals surface area contributed by atoms with Crippen molar-refractivity contribution in [3.63, 3.8) is 0 Å². The maximum atomic E-state index is 11.4. The Morgan fingerprint density at radius 1 is 1.43 bits per heavy atom. The van der Waals surface area contributed by atoms with Gasteiger partial charge in [-0.05, 0) is 18.6 Å². The fraction of sp³-hybridized carbons (Fsp3) is 0.364. The summed E-state index contributed by atoms with van der Waals surface area (Å²) in [5.74, 6) is 0.0522. The molecule has 1 aromatic rings. The van der Waals surface area contributed by atoms with Gasteiger partial charge in [0.05, 0.1) is 12.6 Å². The van der Waals surface area contributed by atoms with E-state index in [-0.39, 0.29) is 18.4 Å². The first-order valence-electron chi connectivity index (χ1n) is 4.82. The molecule has 0 radical (unpaired) electrons. The molecule has 3 N–H and O–H groups in total. The van der Waals surface area contributed by atoms with Gasteiger partial charge in [0.2, 0.25) is 0 Å². The lowest BCUT2D eigenvalue weighted by Gasteiger charge is -2.15. The molecule has 0 aromatic heterocycles. The Balaban J connectivity index is 2.62. The fourth-order valence-corrected chi connectivity index (χ4v) is 1.29. The predicted octanol–water partition coefficient (Wildman–Crippen LogP) is 1.40. The van der Waals surface area contributed by atoms with Crippen LogP contribution in [0.2, 0.25) is 0 Å². The zero-order chi connectivity index (χ0) is 10.4. The van der Waals surface area contributed by atoms with Crippen molar-refractivity contribution in [2.45, 2.75) is 19.4 Å². The number of carbonyl (C=O) groups excluding carboxylic acids is 1. The highest BCUT2D eigenvalue weighted by atomic mass is 16.1. The Morgan fingerprint density at radius 3 is 2.57 bits per heavy atom. The molecule has 1 rings (SSSR count). The standard InChI is InChI=1S/C11H16N2O/c1-2-10(11(14)8-12)13-9-6-4-3-5-7-9/h3-7,10,13H,2,8,12H2,1H3. The van der Waals surface area contributed by atoms with Crippen LogP contribution < -0.4 is 11.1 Å². The molecule has 3 heteroatoms. The van der Waals surface area contributed by atoms with Crippen LogP contribution in [0, 0.1) is 0 Å². The molecule has 14 heavy (non-hydrogen) atoms. The topological polar surface area (TPSA) is 55.1 Å². The average molecular weight is 192 g/mol. The molecule has 0 aliphatic heterocycles. The highest BCUT2D eigenvalue weighted by Gasteiger charge is 2.13. The molecule has 0 heterocycles. The van der Waals surface area contributed by atoms with Gasteiger partial charge in [-0.1, -0.05) is 25.1 Å². The van der Waals surface area contributed by atoms with Gasteiger partial charge in [0.1, 0.15) is 0 Å². The van der Waals surface area contributed by atoms with Crippen LogP contribution in [0.1, 0.15) is 13.3 Å². The second-order valence-electron chi connectivity index (χ2n) is 3.14. The second-order valence-corrected chi connectivity index (χ2v) is 3.14. The molecule has 0 aliphatic carbocycles. The molecule has 0 saturated heterocycles. The molecule has 0 aliphatic rings. The summed E-state index contributed by atoms with van der Waals surface area (Å²) in [7, 11) is 0. The van der Waals surface area contributed by atoms with Gasteiger partial charge < -0.3 is 11.1 Å². The number of para-hydroxylation sites is 1. The van der Waals surface area contributed by atoms with Gasteiger partial charge in [-0.3, -0.25) is 4.79 Å². The Hall–Kier alpha value is -1.35. The summed E-state index contributed by atoms with van der Waals surface area (Å²) in [4.78, 5) is 11.4. The normalized spacial score (nSPS) is 12.1. The van der Waals surface area contributed by atoms with E-state index in [9.17, 15) is 4.79 Å². The van der Waals surface area contributed by atoms with Crippen LogP contribution in [-0.2, 0) is 4.79 Å². The molecule has 0 fully saturated rings. The van der Waals surface area contributed by atoms with Crippen molar-refractivity contribution >= 4 is 11.5 Å². The molecule has 1 aromatic carbocycles. The first-order chi connectivity index (χ1) is 6.77. The number of Topliss-reactive ketones (excluding diaryl/α,β-unsaturated/α-hetero) is 1. The molecular weight excluding hydrogens is 176 g/mol. The molecular formula is C11H16N2O. The van der Waals surface area contributed by atoms with Crippen LogP contribution in [0.3, 0.4) is 0 Å². The first-order valence-corrected chi connectivity index (χ1v) is 4.82. The van der Waals surface area contributed by atoms with E-state index in [0.717, 1.165) is 12.1 Å². The number of nitrogens with two attached hydrogens (primary N) is 1. The third kappa shape index (κ3) is 2.85. The lowest BCUT2D eigenvalue weighted by molar-refractivity contribution is -0.118. The van der Waals surface area contributed by atoms with Crippen LogP contribution in [0.4, 0.5) is 5.69 Å². The maximum Gasteiger partial charge on any atom is 0.168 e. The number of rotatable bonds is 5. The van der Waals surface area contributed by atoms with E-state index in [0.29, 0.717) is 0 Å². The summed E-state index contributed by atoms with van der Waals surface area (Å²) >= 11 is 0. The van der Waals surface area contributed by atoms with E-state index in [1.54, 1.807) is 0 Å². The Morgan fingerprint density at radius 2 is 2.07 bits per heavy atom. The van der Waals surface area contributed by atoms with Gasteiger partial charge in [-0.25, -0.2) is 0 Å². The van der Waals surface area contributed by atoms with E-state index in [4.69, 9.17) is 5.73 Å². The number of anilines is 1. The van der Waals surface area contributed by atoms with Gasteiger partial charge in [0, 0.05) is 5.69 Å². The lowest BCUT2D eigenvalue weighted by atomic mass is 10.1. The first kappa shape index (κ1) is 10.7. The number of benzene rings is 1. The summed E-state index contributed by atoms with van der Waals surface area (Å²) in [6, 6.07) is 9.52. The number of hydrogen-bond acceptors (Lipinski definition) is 3. The quantitative estimate of drug-likeness (QED) is 0.741. The zero-order valence-electron chi connectivity index (χ0n) is 8.36. The Bertz CT molecular complexity index is 285. The van der Waals surface area contributed by atoms with E-state index < -0.39 is 0 Å². The summed E-state index contributed by atoms with van der Waals surface area (Å²) in [6.07, 6.45) is 0.755. The molecule has 0 bridgehead atoms. The predicted molar refractivity (Wildman–Crippen MR) is 58.2 cm³/mol. The van der Waals surface area contributed by atoms with Crippen molar-refractivity contribution in [3.8, 4) is 0 Å². The zero-order valence-corrected chi connectivity index (χ0v) is 8.36. The molecule has 3 nitrogen and oxygen atoms in total. The molecule has 76 valence electrons. The van der Waals surface area contributed by atoms with Crippen molar-refractivity contribution in [1.29, 1.82) is 0 Å². The van der Waals surface area contributed by atoms with Gasteiger partial charge in [0.25, 0.3) is 0 Å². The summed E-state index contributed by atoms with van der Waals surface area (Å²) < 4.78 is 0. The third-order valence-electron chi connectivity index (χ3n) is 2.11. The molecule has 0 saturated carbocycles. The minimum absolute atomic E-state index is 0.0522. The van der Waals surface area contributed by atoms with E-state index >= 15 is 0 Å². The number of carbonyl (C=O) groups is 1. The van der Waals surface area contributed by atoms with Crippen molar-refractivity contribution in [2.24, 2.45) is 5.73 Å². The van der Waals surface area contributed by atoms with Crippen molar-refractivity contribution in [2.75, 3.05) is 11.9 Å². The van der Waals surface area contributed by atoms with Crippen LogP contribution in [0.5, 0.6) is 0 Å². The summed E-state index contributed by atoms with van der Waals surface area (Å²) in [5.41, 5.74) is 6.27. The SMILES string of the molecule is CCC(Nc1ccccc1)C(=O)CN. The summed E-state index contributed by atoms with van der Waals surface area (Å²) in [6.45, 7) is 2.06. The van der Waals surface area contributed by atoms with Crippen molar-refractivity contribution < 1.29 is 4.79 Å². The molecule has 1 unspecified atom stereocenters. The summed E-state index contributed by atoms with van der Waals surface area (Å²) in [5, 5.41) is 3.15. The number of ketones is 1. The third-order valence-corrected chi connectivity index (χ3v) is 2.11. The van der Waals surface area contributed by atoms with Crippen LogP contribution in [0.15, 0.2) is 30.3 Å². The monoisotopic (exact) mass is 192 g/mol. The van der Waals surface area contributed by atoms with Gasteiger partial charge in [-0.2, -0.15) is 0 Å². The molecule has 0 amide bonds. The Kier molecular flexibility index (Phi) is 4.13. The van der Waals surface area contributed by atoms with E-state index in [1.165, 1.54) is 0 Å². The van der Waals surface area contributed by atoms with E-state index in [2.05, 4.69) is 5.32 Å². The number of hydrogen-bond donors (Lipinski definition) is 2. The van der Waals surface area contributed by atoms with Crippen molar-refractivity contribution in [3.05, 3.63) is 30.3 Å². The van der Waals surface area contributed by atoms with Crippen LogP contribution in [-0.4, -0.2) is 18.4 Å². The van der Waals surface area contributed by atoms with E-state index in [1.807, 2.05) is 37.3 Å². The minimum Gasteiger partial charge on any atom is -0.375 e. The average Bonchev–Trinajstić information content (AvgIpc) is 2.26. The Labute approximate surface area is 84.3 Å². The maximum absolute atomic E-state index is 11.4. The van der Waals surface area contributed by atoms with Gasteiger partial charge >= 0.3 is 0 Å². The molecule has 0 spiro atoms. The molecule has 1 atom stereocenters. The van der Waals surface area contributed by atoms with Gasteiger partial charge in [-0.15, -0.1) is 0 Å².